The molecule has 2 aromatic carbocycles. The molecule has 0 bridgehead atoms. The van der Waals surface area contributed by atoms with Gasteiger partial charge in [-0.05, 0) is 36.4 Å². The van der Waals surface area contributed by atoms with E-state index >= 15 is 0 Å². The van der Waals surface area contributed by atoms with Crippen molar-refractivity contribution in [3.63, 3.8) is 0 Å². The van der Waals surface area contributed by atoms with E-state index in [0.717, 1.165) is 11.3 Å². The van der Waals surface area contributed by atoms with Gasteiger partial charge in [-0.3, -0.25) is 4.79 Å². The van der Waals surface area contributed by atoms with Gasteiger partial charge in [0.25, 0.3) is 5.91 Å². The molecule has 1 aliphatic rings. The van der Waals surface area contributed by atoms with Gasteiger partial charge in [-0.25, -0.2) is 0 Å². The topological polar surface area (TPSA) is 43.8 Å². The molecule has 0 aliphatic carbocycles. The van der Waals surface area contributed by atoms with Crippen molar-refractivity contribution in [2.45, 2.75) is 18.4 Å². The Balaban J connectivity index is 1.66. The maximum absolute atomic E-state index is 12.8. The summed E-state index contributed by atoms with van der Waals surface area (Å²) in [7, 11) is 3.90. The van der Waals surface area contributed by atoms with E-state index in [9.17, 15) is 9.90 Å². The molecule has 140 valence electrons. The summed E-state index contributed by atoms with van der Waals surface area (Å²) >= 11 is 5.97. The predicted octanol–water partition coefficient (Wildman–Crippen LogP) is 3.42. The summed E-state index contributed by atoms with van der Waals surface area (Å²) < 4.78 is 0. The van der Waals surface area contributed by atoms with Gasteiger partial charge in [0.05, 0.1) is 0 Å². The van der Waals surface area contributed by atoms with E-state index in [1.807, 2.05) is 55.4 Å². The molecule has 1 aliphatic heterocycles. The molecule has 0 saturated carbocycles. The quantitative estimate of drug-likeness (QED) is 0.809. The zero-order valence-electron chi connectivity index (χ0n) is 15.6. The third-order valence-electron chi connectivity index (χ3n) is 4.75. The van der Waals surface area contributed by atoms with Crippen LogP contribution in [0.2, 0.25) is 5.02 Å². The van der Waals surface area contributed by atoms with Gasteiger partial charge < -0.3 is 14.9 Å². The van der Waals surface area contributed by atoms with Crippen LogP contribution in [0.15, 0.2) is 48.5 Å². The van der Waals surface area contributed by atoms with Crippen molar-refractivity contribution >= 4 is 23.2 Å². The minimum atomic E-state index is -1.08. The Morgan fingerprint density at radius 3 is 2.52 bits per heavy atom. The lowest BCUT2D eigenvalue weighted by atomic mass is 9.91. The van der Waals surface area contributed by atoms with Gasteiger partial charge >= 0.3 is 0 Å². The van der Waals surface area contributed by atoms with Crippen LogP contribution in [0.1, 0.15) is 28.8 Å². The number of amides is 1. The number of hydrogen-bond donors (Lipinski definition) is 1. The van der Waals surface area contributed by atoms with Crippen LogP contribution in [0.25, 0.3) is 0 Å². The van der Waals surface area contributed by atoms with Crippen LogP contribution in [0.4, 0.5) is 5.69 Å². The smallest absolute Gasteiger partial charge is 0.253 e. The highest BCUT2D eigenvalue weighted by atomic mass is 35.5. The van der Waals surface area contributed by atoms with Crippen molar-refractivity contribution in [3.05, 3.63) is 64.7 Å². The van der Waals surface area contributed by atoms with Gasteiger partial charge in [-0.1, -0.05) is 35.6 Å². The predicted molar refractivity (Wildman–Crippen MR) is 109 cm³/mol. The Bertz CT molecular complexity index is 890. The fourth-order valence-corrected chi connectivity index (χ4v) is 3.25. The molecule has 0 atom stereocenters. The Morgan fingerprint density at radius 1 is 1.15 bits per heavy atom. The summed E-state index contributed by atoms with van der Waals surface area (Å²) in [6.45, 7) is 0.956. The summed E-state index contributed by atoms with van der Waals surface area (Å²) in [5, 5.41) is 11.4. The number of anilines is 1. The molecule has 5 heteroatoms. The SMILES string of the molecule is CN(C)c1cccc(C(=O)N2CCC(O)(C#Cc3cccc(Cl)c3)CC2)c1. The molecule has 4 nitrogen and oxygen atoms in total. The molecule has 1 N–H and O–H groups in total. The number of hydrogen-bond acceptors (Lipinski definition) is 3. The number of carbonyl (C=O) groups excluding carboxylic acids is 1. The molecule has 2 aromatic rings. The van der Waals surface area contributed by atoms with Gasteiger partial charge in [0.1, 0.15) is 5.60 Å². The number of likely N-dealkylation sites (tertiary alicyclic amines) is 1. The lowest BCUT2D eigenvalue weighted by Gasteiger charge is -2.35. The minimum Gasteiger partial charge on any atom is -0.378 e. The van der Waals surface area contributed by atoms with Crippen LogP contribution in [0.5, 0.6) is 0 Å². The van der Waals surface area contributed by atoms with E-state index in [0.29, 0.717) is 36.5 Å². The van der Waals surface area contributed by atoms with Crippen LogP contribution in [-0.4, -0.2) is 48.7 Å². The zero-order chi connectivity index (χ0) is 19.4. The molecule has 0 spiro atoms. The average molecular weight is 383 g/mol. The normalized spacial score (nSPS) is 15.6. The number of carbonyl (C=O) groups is 1. The highest BCUT2D eigenvalue weighted by Crippen LogP contribution is 2.24. The van der Waals surface area contributed by atoms with E-state index in [1.54, 1.807) is 17.0 Å². The van der Waals surface area contributed by atoms with Gasteiger partial charge in [0.15, 0.2) is 0 Å². The third kappa shape index (κ3) is 4.82. The van der Waals surface area contributed by atoms with Crippen molar-refractivity contribution in [3.8, 4) is 11.8 Å². The highest BCUT2D eigenvalue weighted by Gasteiger charge is 2.32. The summed E-state index contributed by atoms with van der Waals surface area (Å²) in [5.41, 5.74) is 1.35. The molecule has 1 saturated heterocycles. The van der Waals surface area contributed by atoms with Crippen LogP contribution in [0.3, 0.4) is 0 Å². The molecule has 1 amide bonds. The molecule has 0 unspecified atom stereocenters. The molecule has 1 fully saturated rings. The van der Waals surface area contributed by atoms with Gasteiger partial charge in [0, 0.05) is 61.9 Å². The first kappa shape index (κ1) is 19.3. The molecule has 0 radical (unpaired) electrons. The van der Waals surface area contributed by atoms with Crippen molar-refractivity contribution < 1.29 is 9.90 Å². The van der Waals surface area contributed by atoms with Crippen LogP contribution in [0, 0.1) is 11.8 Å². The molecular weight excluding hydrogens is 360 g/mol. The minimum absolute atomic E-state index is 0.0106. The molecular formula is C22H23ClN2O2. The van der Waals surface area contributed by atoms with E-state index in [4.69, 9.17) is 11.6 Å². The maximum atomic E-state index is 12.8. The van der Waals surface area contributed by atoms with Crippen molar-refractivity contribution in [2.75, 3.05) is 32.1 Å². The zero-order valence-corrected chi connectivity index (χ0v) is 16.3. The molecule has 1 heterocycles. The second-order valence-corrected chi connectivity index (χ2v) is 7.47. The molecule has 27 heavy (non-hydrogen) atoms. The third-order valence-corrected chi connectivity index (χ3v) is 4.99. The molecule has 3 rings (SSSR count). The number of rotatable bonds is 2. The van der Waals surface area contributed by atoms with Gasteiger partial charge in [-0.15, -0.1) is 0 Å². The van der Waals surface area contributed by atoms with Crippen molar-refractivity contribution in [2.24, 2.45) is 0 Å². The monoisotopic (exact) mass is 382 g/mol. The van der Waals surface area contributed by atoms with Gasteiger partial charge in [-0.2, -0.15) is 0 Å². The standard InChI is InChI=1S/C22H23ClN2O2/c1-24(2)20-8-4-6-18(16-20)21(26)25-13-11-22(27,12-14-25)10-9-17-5-3-7-19(23)15-17/h3-8,15-16,27H,11-14H2,1-2H3. The number of nitrogens with zero attached hydrogens (tertiary/aromatic N) is 2. The first-order valence-electron chi connectivity index (χ1n) is 8.94. The average Bonchev–Trinajstić information content (AvgIpc) is 2.67. The summed E-state index contributed by atoms with van der Waals surface area (Å²) in [6, 6.07) is 14.8. The number of aliphatic hydroxyl groups is 1. The van der Waals surface area contributed by atoms with Gasteiger partial charge in [0.2, 0.25) is 0 Å². The van der Waals surface area contributed by atoms with Crippen molar-refractivity contribution in [1.82, 2.24) is 4.90 Å². The fourth-order valence-electron chi connectivity index (χ4n) is 3.06. The Labute approximate surface area is 165 Å². The summed E-state index contributed by atoms with van der Waals surface area (Å²) in [4.78, 5) is 16.5. The summed E-state index contributed by atoms with van der Waals surface area (Å²) in [5.74, 6) is 5.95. The second-order valence-electron chi connectivity index (χ2n) is 7.03. The number of benzene rings is 2. The van der Waals surface area contributed by atoms with E-state index in [-0.39, 0.29) is 5.91 Å². The van der Waals surface area contributed by atoms with E-state index in [1.165, 1.54) is 0 Å². The Morgan fingerprint density at radius 2 is 1.85 bits per heavy atom. The summed E-state index contributed by atoms with van der Waals surface area (Å²) in [6.07, 6.45) is 0.860. The maximum Gasteiger partial charge on any atom is 0.253 e. The van der Waals surface area contributed by atoms with Crippen molar-refractivity contribution in [1.29, 1.82) is 0 Å². The lowest BCUT2D eigenvalue weighted by molar-refractivity contribution is 0.0249. The highest BCUT2D eigenvalue weighted by molar-refractivity contribution is 6.30. The Hall–Kier alpha value is -2.48. The molecule has 0 aromatic heterocycles. The van der Waals surface area contributed by atoms with E-state index < -0.39 is 5.60 Å². The first-order chi connectivity index (χ1) is 12.9. The fraction of sp³-hybridized carbons (Fsp3) is 0.318. The van der Waals surface area contributed by atoms with Crippen LogP contribution in [-0.2, 0) is 0 Å². The largest absolute Gasteiger partial charge is 0.378 e. The Kier molecular flexibility index (Phi) is 5.74. The first-order valence-corrected chi connectivity index (χ1v) is 9.32. The number of piperidine rings is 1. The van der Waals surface area contributed by atoms with Crippen LogP contribution < -0.4 is 4.90 Å². The second kappa shape index (κ2) is 8.04. The lowest BCUT2D eigenvalue weighted by Crippen LogP contribution is -2.46. The van der Waals surface area contributed by atoms with Crippen LogP contribution >= 0.6 is 11.6 Å². The van der Waals surface area contributed by atoms with E-state index in [2.05, 4.69) is 11.8 Å². The number of halogens is 1.